The highest BCUT2D eigenvalue weighted by atomic mass is 16.4. The van der Waals surface area contributed by atoms with Gasteiger partial charge in [0.25, 0.3) is 0 Å². The number of carboxylic acids is 1. The van der Waals surface area contributed by atoms with Gasteiger partial charge in [-0.2, -0.15) is 0 Å². The molecule has 2 unspecified atom stereocenters. The minimum atomic E-state index is -2.39. The Labute approximate surface area is 98.0 Å². The summed E-state index contributed by atoms with van der Waals surface area (Å²) < 4.78 is 37.9. The molecule has 0 amide bonds. The molecular formula is C13H18O2. The van der Waals surface area contributed by atoms with E-state index in [-0.39, 0.29) is 5.56 Å². The van der Waals surface area contributed by atoms with Crippen LogP contribution < -0.4 is 0 Å². The molecule has 0 saturated heterocycles. The molecule has 0 aliphatic carbocycles. The molecule has 1 rings (SSSR count). The lowest BCUT2D eigenvalue weighted by Gasteiger charge is -2.09. The summed E-state index contributed by atoms with van der Waals surface area (Å²) in [5.41, 5.74) is 0.793. The normalized spacial score (nSPS) is 21.3. The Bertz CT molecular complexity index is 479. The summed E-state index contributed by atoms with van der Waals surface area (Å²) in [6, 6.07) is 5.96. The van der Waals surface area contributed by atoms with Gasteiger partial charge in [-0.05, 0) is 30.3 Å². The number of carboxylic acid groups (broad SMARTS) is 1. The molecule has 0 saturated carbocycles. The fraction of sp³-hybridized carbons (Fsp3) is 0.462. The van der Waals surface area contributed by atoms with E-state index < -0.39 is 31.0 Å². The van der Waals surface area contributed by atoms with E-state index in [1.165, 1.54) is 38.1 Å². The van der Waals surface area contributed by atoms with Crippen LogP contribution in [0.1, 0.15) is 44.6 Å². The van der Waals surface area contributed by atoms with E-state index >= 15 is 0 Å². The second-order valence-electron chi connectivity index (χ2n) is 3.55. The fourth-order valence-electron chi connectivity index (χ4n) is 1.26. The van der Waals surface area contributed by atoms with E-state index in [1.807, 2.05) is 0 Å². The Morgan fingerprint density at radius 1 is 1.47 bits per heavy atom. The first-order valence-corrected chi connectivity index (χ1v) is 4.81. The summed E-state index contributed by atoms with van der Waals surface area (Å²) in [6.07, 6.45) is -2.00. The van der Waals surface area contributed by atoms with Gasteiger partial charge in [0.15, 0.2) is 0 Å². The van der Waals surface area contributed by atoms with E-state index in [4.69, 9.17) is 12.0 Å². The predicted molar refractivity (Wildman–Crippen MR) is 61.0 cm³/mol. The van der Waals surface area contributed by atoms with Crippen LogP contribution in [-0.4, -0.2) is 11.1 Å². The molecule has 0 aromatic heterocycles. The quantitative estimate of drug-likeness (QED) is 0.831. The van der Waals surface area contributed by atoms with Crippen molar-refractivity contribution in [2.45, 2.75) is 33.0 Å². The maximum absolute atomic E-state index is 10.9. The third-order valence-electron chi connectivity index (χ3n) is 2.16. The summed E-state index contributed by atoms with van der Waals surface area (Å²) >= 11 is 0. The number of aliphatic carboxylic acids is 1. The smallest absolute Gasteiger partial charge is 0.310 e. The lowest BCUT2D eigenvalue weighted by molar-refractivity contribution is -0.138. The van der Waals surface area contributed by atoms with Crippen LogP contribution in [0.2, 0.25) is 0 Å². The molecule has 82 valence electrons. The summed E-state index contributed by atoms with van der Waals surface area (Å²) in [6.45, 7) is 0.494. The van der Waals surface area contributed by atoms with Gasteiger partial charge in [0, 0.05) is 6.85 Å². The van der Waals surface area contributed by atoms with E-state index in [1.54, 1.807) is 0 Å². The van der Waals surface area contributed by atoms with Gasteiger partial charge in [-0.3, -0.25) is 4.79 Å². The number of hydrogen-bond acceptors (Lipinski definition) is 1. The molecule has 0 aliphatic heterocycles. The van der Waals surface area contributed by atoms with Crippen molar-refractivity contribution in [3.63, 3.8) is 0 Å². The highest BCUT2D eigenvalue weighted by Crippen LogP contribution is 2.17. The molecule has 1 aromatic rings. The van der Waals surface area contributed by atoms with Crippen LogP contribution in [0.4, 0.5) is 0 Å². The molecular weight excluding hydrogens is 188 g/mol. The predicted octanol–water partition coefficient (Wildman–Crippen LogP) is 3.07. The third-order valence-corrected chi connectivity index (χ3v) is 2.16. The summed E-state index contributed by atoms with van der Waals surface area (Å²) in [4.78, 5) is 10.9. The van der Waals surface area contributed by atoms with Crippen LogP contribution in [0.25, 0.3) is 0 Å². The largest absolute Gasteiger partial charge is 0.481 e. The van der Waals surface area contributed by atoms with Crippen molar-refractivity contribution in [3.05, 3.63) is 35.4 Å². The number of hydrogen-bond donors (Lipinski definition) is 1. The Hall–Kier alpha value is -1.31. The topological polar surface area (TPSA) is 37.3 Å². The zero-order valence-electron chi connectivity index (χ0n) is 13.8. The Kier molecular flexibility index (Phi) is 2.09. The van der Waals surface area contributed by atoms with Crippen LogP contribution in [-0.2, 0) is 11.2 Å². The monoisotopic (exact) mass is 211 g/mol. The molecule has 2 heteroatoms. The molecule has 1 aromatic carbocycles. The second kappa shape index (κ2) is 4.96. The molecule has 2 atom stereocenters. The van der Waals surface area contributed by atoms with Gasteiger partial charge in [-0.25, -0.2) is 0 Å². The second-order valence-corrected chi connectivity index (χ2v) is 3.55. The van der Waals surface area contributed by atoms with Gasteiger partial charge in [-0.15, -0.1) is 0 Å². The fourth-order valence-corrected chi connectivity index (χ4v) is 1.26. The summed E-state index contributed by atoms with van der Waals surface area (Å²) in [5.74, 6) is -2.80. The minimum absolute atomic E-state index is 0.238. The number of carbonyl (C=O) groups is 1. The maximum atomic E-state index is 10.9. The molecule has 0 spiro atoms. The Morgan fingerprint density at radius 2 is 2.07 bits per heavy atom. The van der Waals surface area contributed by atoms with Crippen molar-refractivity contribution in [1.29, 1.82) is 0 Å². The van der Waals surface area contributed by atoms with Gasteiger partial charge in [-0.1, -0.05) is 38.0 Å². The minimum Gasteiger partial charge on any atom is -0.481 e. The van der Waals surface area contributed by atoms with Crippen molar-refractivity contribution in [3.8, 4) is 0 Å². The molecule has 15 heavy (non-hydrogen) atoms. The zero-order valence-corrected chi connectivity index (χ0v) is 8.82. The van der Waals surface area contributed by atoms with Crippen LogP contribution >= 0.6 is 0 Å². The first kappa shape index (κ1) is 6.31. The zero-order chi connectivity index (χ0) is 15.7. The van der Waals surface area contributed by atoms with Crippen LogP contribution in [0.3, 0.4) is 0 Å². The first-order chi connectivity index (χ1) is 8.98. The van der Waals surface area contributed by atoms with Crippen LogP contribution in [0.15, 0.2) is 24.3 Å². The van der Waals surface area contributed by atoms with E-state index in [0.717, 1.165) is 0 Å². The number of benzene rings is 1. The average Bonchev–Trinajstić information content (AvgIpc) is 2.35. The maximum Gasteiger partial charge on any atom is 0.310 e. The van der Waals surface area contributed by atoms with Crippen LogP contribution in [0.5, 0.6) is 0 Å². The van der Waals surface area contributed by atoms with E-state index in [9.17, 15) is 4.79 Å². The van der Waals surface area contributed by atoms with E-state index in [0.29, 0.717) is 5.56 Å². The highest BCUT2D eigenvalue weighted by Gasteiger charge is 2.12. The van der Waals surface area contributed by atoms with Crippen molar-refractivity contribution >= 4 is 5.97 Å². The SMILES string of the molecule is [2H]C([2H])([2H])C(C)C([2H])([2H])c1ccc(C(C)C(=O)O)cc1. The third kappa shape index (κ3) is 3.39. The molecule has 0 fully saturated rings. The Balaban J connectivity index is 3.07. The molecule has 0 aliphatic rings. The molecule has 1 N–H and O–H groups in total. The van der Waals surface area contributed by atoms with Gasteiger partial charge in [0.05, 0.1) is 5.92 Å². The van der Waals surface area contributed by atoms with Crippen molar-refractivity contribution in [1.82, 2.24) is 0 Å². The number of rotatable bonds is 4. The van der Waals surface area contributed by atoms with Gasteiger partial charge in [0.1, 0.15) is 0 Å². The van der Waals surface area contributed by atoms with Gasteiger partial charge >= 0.3 is 5.97 Å². The highest BCUT2D eigenvalue weighted by molar-refractivity contribution is 5.75. The lowest BCUT2D eigenvalue weighted by Crippen LogP contribution is -2.07. The van der Waals surface area contributed by atoms with Crippen LogP contribution in [0, 0.1) is 5.92 Å². The van der Waals surface area contributed by atoms with E-state index in [2.05, 4.69) is 0 Å². The first-order valence-electron chi connectivity index (χ1n) is 7.31. The van der Waals surface area contributed by atoms with Gasteiger partial charge in [0.2, 0.25) is 0 Å². The molecule has 0 heterocycles. The van der Waals surface area contributed by atoms with Crippen molar-refractivity contribution in [2.75, 3.05) is 0 Å². The molecule has 0 radical (unpaired) electrons. The standard InChI is InChI=1S/C13H18O2/c1-9(2)8-11-4-6-12(7-5-11)10(3)13(14)15/h4-7,9-10H,8H2,1-3H3,(H,14,15)/i1D3,8D2. The van der Waals surface area contributed by atoms with Crippen molar-refractivity contribution in [2.24, 2.45) is 5.92 Å². The summed E-state index contributed by atoms with van der Waals surface area (Å²) in [5, 5.41) is 8.91. The molecule has 2 nitrogen and oxygen atoms in total. The molecule has 0 bridgehead atoms. The summed E-state index contributed by atoms with van der Waals surface area (Å²) in [7, 11) is 0. The Morgan fingerprint density at radius 3 is 2.53 bits per heavy atom. The van der Waals surface area contributed by atoms with Gasteiger partial charge < -0.3 is 5.11 Å². The average molecular weight is 211 g/mol. The lowest BCUT2D eigenvalue weighted by atomic mass is 9.97. The van der Waals surface area contributed by atoms with Crippen molar-refractivity contribution < 1.29 is 16.8 Å².